The van der Waals surface area contributed by atoms with Crippen molar-refractivity contribution in [2.75, 3.05) is 13.1 Å². The Kier molecular flexibility index (Phi) is 5.67. The third-order valence-electron chi connectivity index (χ3n) is 1.43. The quantitative estimate of drug-likeness (QED) is 0.557. The fourth-order valence-electron chi connectivity index (χ4n) is 0.704. The van der Waals surface area contributed by atoms with E-state index >= 15 is 0 Å². The Hall–Kier alpha value is -1.26. The van der Waals surface area contributed by atoms with Crippen molar-refractivity contribution < 1.29 is 9.59 Å². The largest absolute Gasteiger partial charge is 0.368 e. The summed E-state index contributed by atoms with van der Waals surface area (Å²) in [6.45, 7) is 4.64. The third kappa shape index (κ3) is 8.65. The number of urea groups is 1. The molecule has 0 aromatic rings. The van der Waals surface area contributed by atoms with Gasteiger partial charge in [0, 0.05) is 6.54 Å². The van der Waals surface area contributed by atoms with E-state index in [1.165, 1.54) is 0 Å². The van der Waals surface area contributed by atoms with Crippen LogP contribution in [0.2, 0.25) is 0 Å². The molecule has 0 unspecified atom stereocenters. The second kappa shape index (κ2) is 6.28. The number of nitrogens with one attached hydrogen (secondary N) is 2. The van der Waals surface area contributed by atoms with Crippen LogP contribution in [0.15, 0.2) is 0 Å². The van der Waals surface area contributed by atoms with E-state index in [1.54, 1.807) is 0 Å². The average Bonchev–Trinajstić information content (AvgIpc) is 2.00. The predicted octanol–water partition coefficient (Wildman–Crippen LogP) is -0.183. The number of nitrogens with two attached hydrogens (primary N) is 1. The standard InChI is InChI=1S/C8H17N3O2/c1-6(2)3-4-10-8(13)11-5-7(9)12/h6H,3-5H2,1-2H3,(H2,9,12)(H2,10,11,13). The number of hydrogen-bond acceptors (Lipinski definition) is 2. The summed E-state index contributed by atoms with van der Waals surface area (Å²) in [5.74, 6) is 0.00968. The zero-order valence-corrected chi connectivity index (χ0v) is 8.09. The molecule has 4 N–H and O–H groups in total. The minimum atomic E-state index is -0.543. The van der Waals surface area contributed by atoms with Crippen LogP contribution in [0, 0.1) is 5.92 Å². The molecule has 5 heteroatoms. The molecule has 0 saturated carbocycles. The highest BCUT2D eigenvalue weighted by Crippen LogP contribution is 1.95. The van der Waals surface area contributed by atoms with Crippen LogP contribution in [-0.4, -0.2) is 25.0 Å². The molecule has 3 amide bonds. The van der Waals surface area contributed by atoms with Gasteiger partial charge in [-0.3, -0.25) is 4.79 Å². The molecule has 5 nitrogen and oxygen atoms in total. The van der Waals surface area contributed by atoms with Crippen LogP contribution in [0.3, 0.4) is 0 Å². The lowest BCUT2D eigenvalue weighted by Crippen LogP contribution is -2.40. The summed E-state index contributed by atoms with van der Waals surface area (Å²) in [4.78, 5) is 21.2. The highest BCUT2D eigenvalue weighted by atomic mass is 16.2. The van der Waals surface area contributed by atoms with Crippen molar-refractivity contribution in [1.82, 2.24) is 10.6 Å². The summed E-state index contributed by atoms with van der Waals surface area (Å²) in [5.41, 5.74) is 4.84. The molecule has 0 atom stereocenters. The Morgan fingerprint density at radius 3 is 2.38 bits per heavy atom. The number of carbonyl (C=O) groups excluding carboxylic acids is 2. The van der Waals surface area contributed by atoms with Crippen molar-refractivity contribution in [3.8, 4) is 0 Å². The highest BCUT2D eigenvalue weighted by molar-refractivity contribution is 5.82. The fraction of sp³-hybridized carbons (Fsp3) is 0.750. The Morgan fingerprint density at radius 2 is 1.92 bits per heavy atom. The molecule has 0 bridgehead atoms. The normalized spacial score (nSPS) is 9.77. The minimum Gasteiger partial charge on any atom is -0.368 e. The van der Waals surface area contributed by atoms with Crippen molar-refractivity contribution in [3.63, 3.8) is 0 Å². The first-order valence-corrected chi connectivity index (χ1v) is 4.32. The molecule has 0 saturated heterocycles. The maximum atomic E-state index is 10.9. The molecule has 0 aromatic carbocycles. The molecule has 76 valence electrons. The first-order valence-electron chi connectivity index (χ1n) is 4.32. The van der Waals surface area contributed by atoms with Crippen molar-refractivity contribution in [1.29, 1.82) is 0 Å². The minimum absolute atomic E-state index is 0.118. The lowest BCUT2D eigenvalue weighted by atomic mass is 10.1. The van der Waals surface area contributed by atoms with Gasteiger partial charge in [0.15, 0.2) is 0 Å². The van der Waals surface area contributed by atoms with Crippen molar-refractivity contribution in [2.45, 2.75) is 20.3 Å². The fourth-order valence-corrected chi connectivity index (χ4v) is 0.704. The molecule has 0 aliphatic carbocycles. The van der Waals surface area contributed by atoms with E-state index in [1.807, 2.05) is 0 Å². The van der Waals surface area contributed by atoms with Gasteiger partial charge in [0.25, 0.3) is 0 Å². The topological polar surface area (TPSA) is 84.2 Å². The van der Waals surface area contributed by atoms with Crippen LogP contribution in [0.25, 0.3) is 0 Å². The Labute approximate surface area is 78.1 Å². The second-order valence-electron chi connectivity index (χ2n) is 3.26. The maximum absolute atomic E-state index is 10.9. The predicted molar refractivity (Wildman–Crippen MR) is 50.1 cm³/mol. The Morgan fingerprint density at radius 1 is 1.31 bits per heavy atom. The molecule has 0 aliphatic heterocycles. The molecule has 13 heavy (non-hydrogen) atoms. The van der Waals surface area contributed by atoms with Crippen molar-refractivity contribution in [3.05, 3.63) is 0 Å². The van der Waals surface area contributed by atoms with Gasteiger partial charge < -0.3 is 16.4 Å². The summed E-state index contributed by atoms with van der Waals surface area (Å²) in [6, 6.07) is -0.348. The molecule has 0 fully saturated rings. The number of carbonyl (C=O) groups is 2. The number of amides is 3. The Bertz CT molecular complexity index is 180. The molecular weight excluding hydrogens is 170 g/mol. The van der Waals surface area contributed by atoms with Gasteiger partial charge in [-0.25, -0.2) is 4.79 Å². The third-order valence-corrected chi connectivity index (χ3v) is 1.43. The molecule has 0 radical (unpaired) electrons. The molecular formula is C8H17N3O2. The highest BCUT2D eigenvalue weighted by Gasteiger charge is 2.01. The SMILES string of the molecule is CC(C)CCNC(=O)NCC(N)=O. The van der Waals surface area contributed by atoms with E-state index in [9.17, 15) is 9.59 Å². The number of hydrogen-bond donors (Lipinski definition) is 3. The first kappa shape index (κ1) is 11.7. The number of primary amides is 1. The van der Waals surface area contributed by atoms with Crippen LogP contribution in [0.4, 0.5) is 4.79 Å². The van der Waals surface area contributed by atoms with Gasteiger partial charge in [0.1, 0.15) is 0 Å². The number of rotatable bonds is 5. The summed E-state index contributed by atoms with van der Waals surface area (Å²) in [5, 5.41) is 4.94. The van der Waals surface area contributed by atoms with E-state index in [2.05, 4.69) is 24.5 Å². The van der Waals surface area contributed by atoms with Gasteiger partial charge in [-0.1, -0.05) is 13.8 Å². The van der Waals surface area contributed by atoms with Gasteiger partial charge in [-0.15, -0.1) is 0 Å². The maximum Gasteiger partial charge on any atom is 0.315 e. The average molecular weight is 187 g/mol. The second-order valence-corrected chi connectivity index (χ2v) is 3.26. The molecule has 0 spiro atoms. The summed E-state index contributed by atoms with van der Waals surface area (Å²) >= 11 is 0. The van der Waals surface area contributed by atoms with Crippen LogP contribution in [0.1, 0.15) is 20.3 Å². The van der Waals surface area contributed by atoms with E-state index in [0.717, 1.165) is 6.42 Å². The van der Waals surface area contributed by atoms with Crippen molar-refractivity contribution in [2.24, 2.45) is 11.7 Å². The van der Waals surface area contributed by atoms with Gasteiger partial charge in [0.2, 0.25) is 5.91 Å². The van der Waals surface area contributed by atoms with Gasteiger partial charge in [0.05, 0.1) is 6.54 Å². The van der Waals surface area contributed by atoms with Gasteiger partial charge in [-0.2, -0.15) is 0 Å². The van der Waals surface area contributed by atoms with Crippen LogP contribution >= 0.6 is 0 Å². The van der Waals surface area contributed by atoms with Gasteiger partial charge in [-0.05, 0) is 12.3 Å². The van der Waals surface area contributed by atoms with E-state index in [0.29, 0.717) is 12.5 Å². The van der Waals surface area contributed by atoms with Crippen molar-refractivity contribution >= 4 is 11.9 Å². The van der Waals surface area contributed by atoms with Gasteiger partial charge >= 0.3 is 6.03 Å². The van der Waals surface area contributed by atoms with E-state index in [4.69, 9.17) is 5.73 Å². The summed E-state index contributed by atoms with van der Waals surface area (Å²) < 4.78 is 0. The lowest BCUT2D eigenvalue weighted by molar-refractivity contribution is -0.117. The zero-order valence-electron chi connectivity index (χ0n) is 8.09. The molecule has 0 aromatic heterocycles. The zero-order chi connectivity index (χ0) is 10.3. The van der Waals surface area contributed by atoms with E-state index < -0.39 is 5.91 Å². The Balaban J connectivity index is 3.36. The lowest BCUT2D eigenvalue weighted by Gasteiger charge is -2.07. The van der Waals surface area contributed by atoms with Crippen LogP contribution in [-0.2, 0) is 4.79 Å². The summed E-state index contributed by atoms with van der Waals surface area (Å²) in [7, 11) is 0. The first-order chi connectivity index (χ1) is 6.02. The van der Waals surface area contributed by atoms with E-state index in [-0.39, 0.29) is 12.6 Å². The molecule has 0 aliphatic rings. The smallest absolute Gasteiger partial charge is 0.315 e. The molecule has 0 rings (SSSR count). The summed E-state index contributed by atoms with van der Waals surface area (Å²) in [6.07, 6.45) is 0.921. The monoisotopic (exact) mass is 187 g/mol. The van der Waals surface area contributed by atoms with Crippen LogP contribution < -0.4 is 16.4 Å². The van der Waals surface area contributed by atoms with Crippen LogP contribution in [0.5, 0.6) is 0 Å². The molecule has 0 heterocycles.